The molecule has 0 aliphatic carbocycles. The molecule has 0 bridgehead atoms. The largest absolute Gasteiger partial charge is 0.356 e. The van der Waals surface area contributed by atoms with Crippen LogP contribution in [-0.2, 0) is 6.54 Å². The number of thiophene rings is 2. The van der Waals surface area contributed by atoms with Crippen molar-refractivity contribution in [1.29, 1.82) is 0 Å². The molecule has 0 spiro atoms. The molecule has 0 saturated carbocycles. The van der Waals surface area contributed by atoms with Gasteiger partial charge in [-0.2, -0.15) is 0 Å². The SMILES string of the molecule is CC(C)N(Cc1cccs1)c1ccc(C=O)s1. The summed E-state index contributed by atoms with van der Waals surface area (Å²) in [5, 5.41) is 3.26. The monoisotopic (exact) mass is 265 g/mol. The van der Waals surface area contributed by atoms with Crippen LogP contribution in [0.2, 0.25) is 0 Å². The van der Waals surface area contributed by atoms with Gasteiger partial charge in [0, 0.05) is 10.9 Å². The van der Waals surface area contributed by atoms with E-state index in [-0.39, 0.29) is 0 Å². The Bertz CT molecular complexity index is 473. The zero-order valence-corrected chi connectivity index (χ0v) is 11.6. The van der Waals surface area contributed by atoms with E-state index >= 15 is 0 Å². The second-order valence-corrected chi connectivity index (χ2v) is 6.22. The normalized spacial score (nSPS) is 10.8. The highest BCUT2D eigenvalue weighted by atomic mass is 32.1. The van der Waals surface area contributed by atoms with Crippen LogP contribution in [0, 0.1) is 0 Å². The number of carbonyl (C=O) groups is 1. The van der Waals surface area contributed by atoms with Gasteiger partial charge in [-0.1, -0.05) is 6.07 Å². The second-order valence-electron chi connectivity index (χ2n) is 4.09. The Morgan fingerprint density at radius 1 is 1.35 bits per heavy atom. The van der Waals surface area contributed by atoms with Gasteiger partial charge < -0.3 is 4.90 Å². The third-order valence-electron chi connectivity index (χ3n) is 2.54. The molecule has 0 amide bonds. The van der Waals surface area contributed by atoms with Gasteiger partial charge >= 0.3 is 0 Å². The standard InChI is InChI=1S/C13H15NOS2/c1-10(2)14(8-11-4-3-7-16-11)13-6-5-12(9-15)17-13/h3-7,9-10H,8H2,1-2H3. The lowest BCUT2D eigenvalue weighted by Gasteiger charge is -2.26. The predicted octanol–water partition coefficient (Wildman–Crippen LogP) is 4.04. The van der Waals surface area contributed by atoms with Crippen LogP contribution in [0.15, 0.2) is 29.6 Å². The summed E-state index contributed by atoms with van der Waals surface area (Å²) in [5.74, 6) is 0. The Morgan fingerprint density at radius 2 is 2.18 bits per heavy atom. The Morgan fingerprint density at radius 3 is 2.71 bits per heavy atom. The van der Waals surface area contributed by atoms with Crippen LogP contribution in [0.1, 0.15) is 28.4 Å². The van der Waals surface area contributed by atoms with E-state index < -0.39 is 0 Å². The molecule has 2 heterocycles. The quantitative estimate of drug-likeness (QED) is 0.761. The van der Waals surface area contributed by atoms with Crippen LogP contribution in [0.5, 0.6) is 0 Å². The predicted molar refractivity (Wildman–Crippen MR) is 75.3 cm³/mol. The average Bonchev–Trinajstić information content (AvgIpc) is 2.96. The molecule has 2 rings (SSSR count). The first-order valence-electron chi connectivity index (χ1n) is 5.54. The number of carbonyl (C=O) groups excluding carboxylic acids is 1. The first kappa shape index (κ1) is 12.3. The van der Waals surface area contributed by atoms with Crippen molar-refractivity contribution < 1.29 is 4.79 Å². The van der Waals surface area contributed by atoms with Crippen molar-refractivity contribution in [1.82, 2.24) is 0 Å². The maximum atomic E-state index is 10.7. The number of hydrogen-bond acceptors (Lipinski definition) is 4. The van der Waals surface area contributed by atoms with Crippen LogP contribution in [0.3, 0.4) is 0 Å². The number of hydrogen-bond donors (Lipinski definition) is 0. The van der Waals surface area contributed by atoms with E-state index in [1.54, 1.807) is 22.7 Å². The molecule has 0 aliphatic rings. The molecule has 2 aromatic heterocycles. The van der Waals surface area contributed by atoms with Gasteiger partial charge in [-0.15, -0.1) is 22.7 Å². The highest BCUT2D eigenvalue weighted by Crippen LogP contribution is 2.29. The van der Waals surface area contributed by atoms with E-state index in [0.29, 0.717) is 6.04 Å². The van der Waals surface area contributed by atoms with Crippen molar-refractivity contribution >= 4 is 34.0 Å². The lowest BCUT2D eigenvalue weighted by atomic mass is 10.3. The van der Waals surface area contributed by atoms with E-state index in [9.17, 15) is 4.79 Å². The van der Waals surface area contributed by atoms with Gasteiger partial charge in [0.1, 0.15) is 0 Å². The summed E-state index contributed by atoms with van der Waals surface area (Å²) in [6.07, 6.45) is 0.914. The highest BCUT2D eigenvalue weighted by molar-refractivity contribution is 7.17. The van der Waals surface area contributed by atoms with Gasteiger partial charge in [0.15, 0.2) is 6.29 Å². The average molecular weight is 265 g/mol. The molecular formula is C13H15NOS2. The lowest BCUT2D eigenvalue weighted by molar-refractivity contribution is 0.112. The maximum Gasteiger partial charge on any atom is 0.160 e. The minimum atomic E-state index is 0.426. The third-order valence-corrected chi connectivity index (χ3v) is 4.45. The van der Waals surface area contributed by atoms with Gasteiger partial charge in [-0.25, -0.2) is 0 Å². The molecule has 2 aromatic rings. The zero-order valence-electron chi connectivity index (χ0n) is 9.92. The van der Waals surface area contributed by atoms with Crippen molar-refractivity contribution in [2.24, 2.45) is 0 Å². The summed E-state index contributed by atoms with van der Waals surface area (Å²) in [6.45, 7) is 5.26. The molecule has 0 unspecified atom stereocenters. The van der Waals surface area contributed by atoms with Crippen LogP contribution in [-0.4, -0.2) is 12.3 Å². The minimum absolute atomic E-state index is 0.426. The van der Waals surface area contributed by atoms with E-state index in [0.717, 1.165) is 22.7 Å². The summed E-state index contributed by atoms with van der Waals surface area (Å²) in [4.78, 5) is 15.2. The summed E-state index contributed by atoms with van der Waals surface area (Å²) in [6, 6.07) is 8.56. The van der Waals surface area contributed by atoms with Crippen molar-refractivity contribution in [3.63, 3.8) is 0 Å². The number of nitrogens with zero attached hydrogens (tertiary/aromatic N) is 1. The fourth-order valence-corrected chi connectivity index (χ4v) is 3.30. The van der Waals surface area contributed by atoms with Gasteiger partial charge in [-0.05, 0) is 37.4 Å². The molecule has 4 heteroatoms. The molecule has 0 N–H and O–H groups in total. The fraction of sp³-hybridized carbons (Fsp3) is 0.308. The Hall–Kier alpha value is -1.13. The summed E-state index contributed by atoms with van der Waals surface area (Å²) in [7, 11) is 0. The van der Waals surface area contributed by atoms with Crippen molar-refractivity contribution in [2.45, 2.75) is 26.4 Å². The molecule has 90 valence electrons. The topological polar surface area (TPSA) is 20.3 Å². The molecule has 0 aromatic carbocycles. The summed E-state index contributed by atoms with van der Waals surface area (Å²) < 4.78 is 0. The van der Waals surface area contributed by atoms with Gasteiger partial charge in [0.05, 0.1) is 16.4 Å². The first-order valence-corrected chi connectivity index (χ1v) is 7.24. The highest BCUT2D eigenvalue weighted by Gasteiger charge is 2.13. The molecule has 0 saturated heterocycles. The summed E-state index contributed by atoms with van der Waals surface area (Å²) >= 11 is 3.32. The Labute approximate surface area is 110 Å². The number of anilines is 1. The third kappa shape index (κ3) is 2.96. The zero-order chi connectivity index (χ0) is 12.3. The van der Waals surface area contributed by atoms with E-state index in [2.05, 4.69) is 36.3 Å². The molecular weight excluding hydrogens is 250 g/mol. The molecule has 0 aliphatic heterocycles. The van der Waals surface area contributed by atoms with E-state index in [4.69, 9.17) is 0 Å². The van der Waals surface area contributed by atoms with Crippen LogP contribution in [0.4, 0.5) is 5.00 Å². The van der Waals surface area contributed by atoms with Crippen molar-refractivity contribution in [3.05, 3.63) is 39.4 Å². The van der Waals surface area contributed by atoms with Gasteiger partial charge in [0.25, 0.3) is 0 Å². The molecule has 0 atom stereocenters. The second kappa shape index (κ2) is 5.47. The number of rotatable bonds is 5. The fourth-order valence-electron chi connectivity index (χ4n) is 1.65. The molecule has 17 heavy (non-hydrogen) atoms. The Kier molecular flexibility index (Phi) is 3.97. The minimum Gasteiger partial charge on any atom is -0.356 e. The lowest BCUT2D eigenvalue weighted by Crippen LogP contribution is -2.28. The van der Waals surface area contributed by atoms with Gasteiger partial charge in [0.2, 0.25) is 0 Å². The first-order chi connectivity index (χ1) is 8.20. The van der Waals surface area contributed by atoms with Crippen LogP contribution in [0.25, 0.3) is 0 Å². The van der Waals surface area contributed by atoms with Crippen molar-refractivity contribution in [3.8, 4) is 0 Å². The maximum absolute atomic E-state index is 10.7. The van der Waals surface area contributed by atoms with E-state index in [1.807, 2.05) is 12.1 Å². The smallest absolute Gasteiger partial charge is 0.160 e. The van der Waals surface area contributed by atoms with Crippen LogP contribution >= 0.6 is 22.7 Å². The molecule has 2 nitrogen and oxygen atoms in total. The molecule has 0 fully saturated rings. The van der Waals surface area contributed by atoms with E-state index in [1.165, 1.54) is 4.88 Å². The van der Waals surface area contributed by atoms with Crippen molar-refractivity contribution in [2.75, 3.05) is 4.90 Å². The van der Waals surface area contributed by atoms with Crippen LogP contribution < -0.4 is 4.90 Å². The van der Waals surface area contributed by atoms with Gasteiger partial charge in [-0.3, -0.25) is 4.79 Å². The Balaban J connectivity index is 2.19. The number of aldehydes is 1. The summed E-state index contributed by atoms with van der Waals surface area (Å²) in [5.41, 5.74) is 0. The molecule has 0 radical (unpaired) electrons.